The molecule has 25 heavy (non-hydrogen) atoms. The number of ether oxygens (including phenoxy) is 1. The standard InChI is InChI=1S/C20H26N2O3/c1-3-10-9-25-20(24)15-12(10)8-13-18-16(19(23)17(15)21-13)11-6-4-5-7-14(11)22(18)2/h4-7,10,12-13,15,17,19-21,23-24H,3,8-9H2,1-2H3. The Morgan fingerprint density at radius 3 is 2.88 bits per heavy atom. The van der Waals surface area contributed by atoms with Crippen LogP contribution in [-0.2, 0) is 11.8 Å². The number of hydrogen-bond donors (Lipinski definition) is 3. The molecule has 3 N–H and O–H groups in total. The van der Waals surface area contributed by atoms with E-state index in [9.17, 15) is 10.2 Å². The Bertz CT molecular complexity index is 817. The number of aliphatic hydroxyl groups is 2. The van der Waals surface area contributed by atoms with E-state index in [2.05, 4.69) is 36.0 Å². The summed E-state index contributed by atoms with van der Waals surface area (Å²) < 4.78 is 7.91. The van der Waals surface area contributed by atoms with Crippen molar-refractivity contribution in [3.63, 3.8) is 0 Å². The third-order valence-corrected chi connectivity index (χ3v) is 6.91. The molecule has 0 amide bonds. The highest BCUT2D eigenvalue weighted by Gasteiger charge is 2.53. The maximum atomic E-state index is 11.3. The van der Waals surface area contributed by atoms with Gasteiger partial charge in [0.1, 0.15) is 0 Å². The van der Waals surface area contributed by atoms with Crippen LogP contribution >= 0.6 is 0 Å². The predicted molar refractivity (Wildman–Crippen MR) is 94.9 cm³/mol. The SMILES string of the molecule is CCC1COC(O)C2C1CC1NC2C(O)c2c1n(C)c1ccccc21. The van der Waals surface area contributed by atoms with Crippen molar-refractivity contribution in [2.24, 2.45) is 24.8 Å². The van der Waals surface area contributed by atoms with Crippen LogP contribution in [0.4, 0.5) is 0 Å². The molecule has 3 aliphatic rings. The molecule has 5 rings (SSSR count). The van der Waals surface area contributed by atoms with Gasteiger partial charge in [0.15, 0.2) is 6.29 Å². The van der Waals surface area contributed by atoms with Crippen molar-refractivity contribution < 1.29 is 14.9 Å². The lowest BCUT2D eigenvalue weighted by molar-refractivity contribution is -0.225. The molecule has 1 aromatic carbocycles. The quantitative estimate of drug-likeness (QED) is 0.744. The van der Waals surface area contributed by atoms with Crippen LogP contribution in [0.1, 0.15) is 43.2 Å². The van der Waals surface area contributed by atoms with E-state index in [1.807, 2.05) is 12.1 Å². The topological polar surface area (TPSA) is 66.7 Å². The first-order chi connectivity index (χ1) is 12.1. The van der Waals surface area contributed by atoms with Gasteiger partial charge >= 0.3 is 0 Å². The summed E-state index contributed by atoms with van der Waals surface area (Å²) in [4.78, 5) is 0. The van der Waals surface area contributed by atoms with Crippen molar-refractivity contribution in [2.45, 2.75) is 44.2 Å². The maximum absolute atomic E-state index is 11.3. The number of para-hydroxylation sites is 1. The fourth-order valence-corrected chi connectivity index (χ4v) is 5.73. The summed E-state index contributed by atoms with van der Waals surface area (Å²) in [6.07, 6.45) is 0.617. The van der Waals surface area contributed by atoms with E-state index in [0.717, 1.165) is 29.3 Å². The molecule has 134 valence electrons. The number of rotatable bonds is 1. The number of hydrogen-bond acceptors (Lipinski definition) is 4. The van der Waals surface area contributed by atoms with Crippen LogP contribution in [0, 0.1) is 17.8 Å². The molecule has 7 atom stereocenters. The normalized spacial score (nSPS) is 39.9. The lowest BCUT2D eigenvalue weighted by atomic mass is 9.64. The Balaban J connectivity index is 1.68. The molecule has 2 fully saturated rings. The fourth-order valence-electron chi connectivity index (χ4n) is 5.73. The van der Waals surface area contributed by atoms with Gasteiger partial charge in [-0.3, -0.25) is 0 Å². The van der Waals surface area contributed by atoms with Gasteiger partial charge in [-0.25, -0.2) is 0 Å². The van der Waals surface area contributed by atoms with Crippen molar-refractivity contribution in [3.05, 3.63) is 35.5 Å². The summed E-state index contributed by atoms with van der Waals surface area (Å²) >= 11 is 0. The minimum absolute atomic E-state index is 0.0583. The number of nitrogens with zero attached hydrogens (tertiary/aromatic N) is 1. The first-order valence-corrected chi connectivity index (χ1v) is 9.42. The minimum atomic E-state index is -0.794. The molecule has 4 heterocycles. The summed E-state index contributed by atoms with van der Waals surface area (Å²) in [6.45, 7) is 2.82. The zero-order valence-corrected chi connectivity index (χ0v) is 14.7. The Morgan fingerprint density at radius 2 is 2.08 bits per heavy atom. The summed E-state index contributed by atoms with van der Waals surface area (Å²) in [5.41, 5.74) is 3.41. The van der Waals surface area contributed by atoms with Crippen molar-refractivity contribution in [2.75, 3.05) is 6.61 Å². The minimum Gasteiger partial charge on any atom is -0.387 e. The number of benzene rings is 1. The molecule has 0 saturated carbocycles. The molecular weight excluding hydrogens is 316 g/mol. The van der Waals surface area contributed by atoms with Gasteiger partial charge in [-0.2, -0.15) is 0 Å². The number of fused-ring (bicyclic) bond motifs is 8. The molecule has 2 saturated heterocycles. The number of aliphatic hydroxyl groups excluding tert-OH is 2. The lowest BCUT2D eigenvalue weighted by Crippen LogP contribution is -2.61. The molecular formula is C20H26N2O3. The molecule has 5 nitrogen and oxygen atoms in total. The van der Waals surface area contributed by atoms with Crippen LogP contribution in [0.5, 0.6) is 0 Å². The number of nitrogens with one attached hydrogen (secondary N) is 1. The molecule has 1 aromatic heterocycles. The Hall–Kier alpha value is -1.40. The Morgan fingerprint density at radius 1 is 1.28 bits per heavy atom. The van der Waals surface area contributed by atoms with E-state index in [1.54, 1.807) is 0 Å². The van der Waals surface area contributed by atoms with Gasteiger partial charge in [-0.1, -0.05) is 31.5 Å². The van der Waals surface area contributed by atoms with Crippen molar-refractivity contribution >= 4 is 10.9 Å². The van der Waals surface area contributed by atoms with E-state index in [0.29, 0.717) is 18.4 Å². The second-order valence-electron chi connectivity index (χ2n) is 7.93. The van der Waals surface area contributed by atoms with Gasteiger partial charge < -0.3 is 24.8 Å². The monoisotopic (exact) mass is 342 g/mol. The Labute approximate surface area is 147 Å². The molecule has 5 heteroatoms. The van der Waals surface area contributed by atoms with Crippen LogP contribution in [0.15, 0.2) is 24.3 Å². The largest absolute Gasteiger partial charge is 0.387 e. The summed E-state index contributed by atoms with van der Waals surface area (Å²) in [5.74, 6) is 0.770. The van der Waals surface area contributed by atoms with E-state index in [4.69, 9.17) is 4.74 Å². The average Bonchev–Trinajstić information content (AvgIpc) is 2.93. The average molecular weight is 342 g/mol. The molecule has 0 spiro atoms. The van der Waals surface area contributed by atoms with Gasteiger partial charge in [0.05, 0.1) is 12.7 Å². The molecule has 2 aromatic rings. The van der Waals surface area contributed by atoms with Crippen LogP contribution in [-0.4, -0.2) is 33.7 Å². The number of piperidine rings is 1. The van der Waals surface area contributed by atoms with Gasteiger partial charge in [-0.05, 0) is 24.3 Å². The lowest BCUT2D eigenvalue weighted by Gasteiger charge is -2.53. The molecule has 3 aliphatic heterocycles. The van der Waals surface area contributed by atoms with Gasteiger partial charge in [0.2, 0.25) is 0 Å². The maximum Gasteiger partial charge on any atom is 0.159 e. The smallest absolute Gasteiger partial charge is 0.159 e. The van der Waals surface area contributed by atoms with Crippen LogP contribution < -0.4 is 5.32 Å². The van der Waals surface area contributed by atoms with Crippen molar-refractivity contribution in [1.29, 1.82) is 0 Å². The highest BCUT2D eigenvalue weighted by Crippen LogP contribution is 2.52. The van der Waals surface area contributed by atoms with E-state index in [-0.39, 0.29) is 18.0 Å². The molecule has 2 bridgehead atoms. The zero-order valence-electron chi connectivity index (χ0n) is 14.7. The summed E-state index contributed by atoms with van der Waals surface area (Å²) in [7, 11) is 2.10. The van der Waals surface area contributed by atoms with Crippen LogP contribution in [0.2, 0.25) is 0 Å². The second kappa shape index (κ2) is 5.55. The molecule has 7 unspecified atom stereocenters. The van der Waals surface area contributed by atoms with Gasteiger partial charge in [0.25, 0.3) is 0 Å². The second-order valence-corrected chi connectivity index (χ2v) is 7.93. The molecule has 0 aliphatic carbocycles. The van der Waals surface area contributed by atoms with Crippen molar-refractivity contribution in [1.82, 2.24) is 9.88 Å². The van der Waals surface area contributed by atoms with E-state index >= 15 is 0 Å². The van der Waals surface area contributed by atoms with Crippen LogP contribution in [0.3, 0.4) is 0 Å². The zero-order chi connectivity index (χ0) is 17.3. The number of aromatic nitrogens is 1. The highest BCUT2D eigenvalue weighted by molar-refractivity contribution is 5.86. The van der Waals surface area contributed by atoms with Gasteiger partial charge in [0, 0.05) is 47.2 Å². The molecule has 0 radical (unpaired) electrons. The van der Waals surface area contributed by atoms with Crippen LogP contribution in [0.25, 0.3) is 10.9 Å². The summed E-state index contributed by atoms with van der Waals surface area (Å²) in [6, 6.07) is 8.35. The predicted octanol–water partition coefficient (Wildman–Crippen LogP) is 2.24. The first-order valence-electron chi connectivity index (χ1n) is 9.42. The first kappa shape index (κ1) is 15.8. The number of aryl methyl sites for hydroxylation is 1. The third-order valence-electron chi connectivity index (χ3n) is 6.91. The highest BCUT2D eigenvalue weighted by atomic mass is 16.6. The summed E-state index contributed by atoms with van der Waals surface area (Å²) in [5, 5.41) is 26.5. The Kier molecular flexibility index (Phi) is 3.51. The fraction of sp³-hybridized carbons (Fsp3) is 0.600. The van der Waals surface area contributed by atoms with Gasteiger partial charge in [-0.15, -0.1) is 0 Å². The van der Waals surface area contributed by atoms with Crippen molar-refractivity contribution in [3.8, 4) is 0 Å². The van der Waals surface area contributed by atoms with E-state index < -0.39 is 12.4 Å². The van der Waals surface area contributed by atoms with E-state index in [1.165, 1.54) is 5.69 Å². The third kappa shape index (κ3) is 2.04.